The minimum Gasteiger partial charge on any atom is -0.495 e. The third-order valence-electron chi connectivity index (χ3n) is 2.02. The molecule has 0 saturated heterocycles. The smallest absolute Gasteiger partial charge is 0.142 e. The second kappa shape index (κ2) is 4.72. The van der Waals surface area contributed by atoms with Gasteiger partial charge in [-0.25, -0.2) is 0 Å². The van der Waals surface area contributed by atoms with E-state index in [2.05, 4.69) is 5.32 Å². The van der Waals surface area contributed by atoms with Crippen molar-refractivity contribution in [3.05, 3.63) is 23.8 Å². The molecule has 1 aromatic rings. The molecule has 0 spiro atoms. The van der Waals surface area contributed by atoms with Crippen LogP contribution in [0.1, 0.15) is 5.56 Å². The van der Waals surface area contributed by atoms with Crippen molar-refractivity contribution in [3.63, 3.8) is 0 Å². The van der Waals surface area contributed by atoms with E-state index in [1.165, 1.54) is 0 Å². The molecule has 3 nitrogen and oxygen atoms in total. The summed E-state index contributed by atoms with van der Waals surface area (Å²) in [5.74, 6) is 0.758. The van der Waals surface area contributed by atoms with E-state index < -0.39 is 0 Å². The first kappa shape index (κ1) is 9.86. The molecule has 0 aliphatic heterocycles. The van der Waals surface area contributed by atoms with Crippen molar-refractivity contribution in [2.75, 3.05) is 26.4 Å². The number of anilines is 1. The topological polar surface area (TPSA) is 47.3 Å². The fourth-order valence-electron chi connectivity index (χ4n) is 1.25. The average Bonchev–Trinajstić information content (AvgIpc) is 2.16. The molecule has 0 aliphatic rings. The Morgan fingerprint density at radius 1 is 1.46 bits per heavy atom. The van der Waals surface area contributed by atoms with Crippen molar-refractivity contribution in [2.24, 2.45) is 0 Å². The summed E-state index contributed by atoms with van der Waals surface area (Å²) < 4.78 is 5.12. The monoisotopic (exact) mass is 180 g/mol. The van der Waals surface area contributed by atoms with E-state index in [4.69, 9.17) is 10.5 Å². The lowest BCUT2D eigenvalue weighted by Crippen LogP contribution is -2.11. The van der Waals surface area contributed by atoms with Gasteiger partial charge in [-0.2, -0.15) is 0 Å². The van der Waals surface area contributed by atoms with Crippen molar-refractivity contribution in [1.29, 1.82) is 0 Å². The predicted octanol–water partition coefficient (Wildman–Crippen LogP) is 1.04. The van der Waals surface area contributed by atoms with Crippen LogP contribution in [0.15, 0.2) is 18.2 Å². The zero-order valence-electron chi connectivity index (χ0n) is 8.13. The van der Waals surface area contributed by atoms with Crippen molar-refractivity contribution < 1.29 is 4.74 Å². The van der Waals surface area contributed by atoms with Gasteiger partial charge in [0.05, 0.1) is 12.8 Å². The standard InChI is InChI=1S/C10H16N2O/c1-12-7-6-8-4-3-5-9(13-2)10(8)11/h3-5,12H,6-7,11H2,1-2H3. The maximum Gasteiger partial charge on any atom is 0.142 e. The van der Waals surface area contributed by atoms with Crippen molar-refractivity contribution in [2.45, 2.75) is 6.42 Å². The summed E-state index contributed by atoms with van der Waals surface area (Å²) in [5, 5.41) is 3.08. The molecule has 0 unspecified atom stereocenters. The van der Waals surface area contributed by atoms with Crippen LogP contribution in [0.3, 0.4) is 0 Å². The van der Waals surface area contributed by atoms with Crippen LogP contribution < -0.4 is 15.8 Å². The molecule has 0 atom stereocenters. The highest BCUT2D eigenvalue weighted by atomic mass is 16.5. The molecular formula is C10H16N2O. The Kier molecular flexibility index (Phi) is 3.58. The maximum absolute atomic E-state index is 5.88. The summed E-state index contributed by atoms with van der Waals surface area (Å²) in [6.45, 7) is 0.928. The molecule has 0 bridgehead atoms. The number of methoxy groups -OCH3 is 1. The molecule has 1 aromatic carbocycles. The fourth-order valence-corrected chi connectivity index (χ4v) is 1.25. The molecule has 0 radical (unpaired) electrons. The van der Waals surface area contributed by atoms with Crippen LogP contribution >= 0.6 is 0 Å². The fraction of sp³-hybridized carbons (Fsp3) is 0.400. The van der Waals surface area contributed by atoms with E-state index in [1.54, 1.807) is 7.11 Å². The van der Waals surface area contributed by atoms with Gasteiger partial charge in [0.15, 0.2) is 0 Å². The largest absolute Gasteiger partial charge is 0.495 e. The van der Waals surface area contributed by atoms with Crippen LogP contribution in [0.4, 0.5) is 5.69 Å². The van der Waals surface area contributed by atoms with E-state index >= 15 is 0 Å². The van der Waals surface area contributed by atoms with Crippen LogP contribution in [0.5, 0.6) is 5.75 Å². The van der Waals surface area contributed by atoms with Gasteiger partial charge < -0.3 is 15.8 Å². The van der Waals surface area contributed by atoms with E-state index in [1.807, 2.05) is 25.2 Å². The number of rotatable bonds is 4. The molecule has 1 rings (SSSR count). The molecule has 0 amide bonds. The van der Waals surface area contributed by atoms with E-state index in [9.17, 15) is 0 Å². The second-order valence-corrected chi connectivity index (χ2v) is 2.89. The van der Waals surface area contributed by atoms with Gasteiger partial charge in [-0.3, -0.25) is 0 Å². The van der Waals surface area contributed by atoms with Gasteiger partial charge in [-0.05, 0) is 31.6 Å². The zero-order chi connectivity index (χ0) is 9.68. The number of para-hydroxylation sites is 1. The molecule has 0 fully saturated rings. The highest BCUT2D eigenvalue weighted by Crippen LogP contribution is 2.24. The summed E-state index contributed by atoms with van der Waals surface area (Å²) in [7, 11) is 3.56. The van der Waals surface area contributed by atoms with Gasteiger partial charge >= 0.3 is 0 Å². The molecular weight excluding hydrogens is 164 g/mol. The number of ether oxygens (including phenoxy) is 1. The SMILES string of the molecule is CNCCc1cccc(OC)c1N. The van der Waals surface area contributed by atoms with Crippen LogP contribution in [0.2, 0.25) is 0 Å². The average molecular weight is 180 g/mol. The van der Waals surface area contributed by atoms with Crippen LogP contribution in [0.25, 0.3) is 0 Å². The maximum atomic E-state index is 5.88. The van der Waals surface area contributed by atoms with Crippen LogP contribution in [0, 0.1) is 0 Å². The van der Waals surface area contributed by atoms with Crippen LogP contribution in [-0.4, -0.2) is 20.7 Å². The quantitative estimate of drug-likeness (QED) is 0.681. The highest BCUT2D eigenvalue weighted by molar-refractivity contribution is 5.58. The van der Waals surface area contributed by atoms with Gasteiger partial charge in [0.25, 0.3) is 0 Å². The number of likely N-dealkylation sites (N-methyl/N-ethyl adjacent to an activating group) is 1. The Morgan fingerprint density at radius 2 is 2.23 bits per heavy atom. The Balaban J connectivity index is 2.81. The molecule has 13 heavy (non-hydrogen) atoms. The van der Waals surface area contributed by atoms with Gasteiger partial charge in [-0.15, -0.1) is 0 Å². The Bertz CT molecular complexity index is 274. The van der Waals surface area contributed by atoms with Gasteiger partial charge in [0, 0.05) is 0 Å². The summed E-state index contributed by atoms with van der Waals surface area (Å²) in [6, 6.07) is 5.85. The third kappa shape index (κ3) is 2.36. The number of benzene rings is 1. The summed E-state index contributed by atoms with van der Waals surface area (Å²) in [6.07, 6.45) is 0.930. The van der Waals surface area contributed by atoms with Crippen molar-refractivity contribution in [3.8, 4) is 5.75 Å². The van der Waals surface area contributed by atoms with Crippen molar-refractivity contribution in [1.82, 2.24) is 5.32 Å². The molecule has 72 valence electrons. The minimum absolute atomic E-state index is 0.750. The van der Waals surface area contributed by atoms with Crippen LogP contribution in [-0.2, 0) is 6.42 Å². The molecule has 0 saturated carbocycles. The first-order chi connectivity index (χ1) is 6.29. The summed E-state index contributed by atoms with van der Waals surface area (Å²) in [5.41, 5.74) is 7.77. The summed E-state index contributed by atoms with van der Waals surface area (Å²) >= 11 is 0. The van der Waals surface area contributed by atoms with E-state index in [0.29, 0.717) is 0 Å². The molecule has 0 aliphatic carbocycles. The lowest BCUT2D eigenvalue weighted by atomic mass is 10.1. The van der Waals surface area contributed by atoms with Gasteiger partial charge in [0.1, 0.15) is 5.75 Å². The van der Waals surface area contributed by atoms with Crippen molar-refractivity contribution >= 4 is 5.69 Å². The normalized spacial score (nSPS) is 10.0. The zero-order valence-corrected chi connectivity index (χ0v) is 8.13. The first-order valence-corrected chi connectivity index (χ1v) is 4.35. The second-order valence-electron chi connectivity index (χ2n) is 2.89. The number of nitrogen functional groups attached to an aromatic ring is 1. The molecule has 0 heterocycles. The first-order valence-electron chi connectivity index (χ1n) is 4.35. The molecule has 0 aromatic heterocycles. The molecule has 3 heteroatoms. The van der Waals surface area contributed by atoms with Gasteiger partial charge in [-0.1, -0.05) is 12.1 Å². The lowest BCUT2D eigenvalue weighted by molar-refractivity contribution is 0.416. The number of nitrogens with two attached hydrogens (primary N) is 1. The number of hydrogen-bond donors (Lipinski definition) is 2. The Hall–Kier alpha value is -1.22. The summed E-state index contributed by atoms with van der Waals surface area (Å²) in [4.78, 5) is 0. The third-order valence-corrected chi connectivity index (χ3v) is 2.02. The minimum atomic E-state index is 0.750. The highest BCUT2D eigenvalue weighted by Gasteiger charge is 2.03. The van der Waals surface area contributed by atoms with E-state index in [-0.39, 0.29) is 0 Å². The number of nitrogens with one attached hydrogen (secondary N) is 1. The Morgan fingerprint density at radius 3 is 2.85 bits per heavy atom. The van der Waals surface area contributed by atoms with E-state index in [0.717, 1.165) is 30.0 Å². The Labute approximate surface area is 78.9 Å². The lowest BCUT2D eigenvalue weighted by Gasteiger charge is -2.09. The van der Waals surface area contributed by atoms with Gasteiger partial charge in [0.2, 0.25) is 0 Å². The molecule has 3 N–H and O–H groups in total. The predicted molar refractivity (Wildman–Crippen MR) is 55.0 cm³/mol. The number of hydrogen-bond acceptors (Lipinski definition) is 3.